The van der Waals surface area contributed by atoms with Gasteiger partial charge in [-0.1, -0.05) is 0 Å². The van der Waals surface area contributed by atoms with Crippen molar-refractivity contribution in [2.24, 2.45) is 0 Å². The summed E-state index contributed by atoms with van der Waals surface area (Å²) in [6, 6.07) is 14.2. The van der Waals surface area contributed by atoms with Gasteiger partial charge in [0.2, 0.25) is 11.8 Å². The van der Waals surface area contributed by atoms with Crippen molar-refractivity contribution in [1.82, 2.24) is 9.78 Å². The third-order valence-corrected chi connectivity index (χ3v) is 4.18. The molecule has 8 heteroatoms. The number of nitrogens with one attached hydrogen (secondary N) is 2. The predicted octanol–water partition coefficient (Wildman–Crippen LogP) is 3.21. The standard InChI is InChI=1S/C21H19FN4O3/c1-13(21(29)24-18-9-7-17(8-10-18)23-14(2)27)26-20(28)12-11-19(25-26)15-3-5-16(22)6-4-15/h3-13H,1-2H3,(H,23,27)(H,24,29). The highest BCUT2D eigenvalue weighted by molar-refractivity contribution is 5.94. The SMILES string of the molecule is CC(=O)Nc1ccc(NC(=O)C(C)n2nc(-c3ccc(F)cc3)ccc2=O)cc1. The van der Waals surface area contributed by atoms with E-state index in [0.29, 0.717) is 22.6 Å². The molecule has 0 aliphatic rings. The lowest BCUT2D eigenvalue weighted by atomic mass is 10.1. The third-order valence-electron chi connectivity index (χ3n) is 4.18. The van der Waals surface area contributed by atoms with Crippen LogP contribution in [0.5, 0.6) is 0 Å². The monoisotopic (exact) mass is 394 g/mol. The van der Waals surface area contributed by atoms with Crippen LogP contribution in [0.15, 0.2) is 65.5 Å². The van der Waals surface area contributed by atoms with Gasteiger partial charge >= 0.3 is 0 Å². The number of benzene rings is 2. The second kappa shape index (κ2) is 8.47. The zero-order chi connectivity index (χ0) is 21.0. The fourth-order valence-electron chi connectivity index (χ4n) is 2.68. The Morgan fingerprint density at radius 3 is 2.10 bits per heavy atom. The summed E-state index contributed by atoms with van der Waals surface area (Å²) in [5.74, 6) is -0.996. The molecule has 1 heterocycles. The Morgan fingerprint density at radius 2 is 1.52 bits per heavy atom. The van der Waals surface area contributed by atoms with Crippen LogP contribution in [0.2, 0.25) is 0 Å². The highest BCUT2D eigenvalue weighted by atomic mass is 19.1. The fourth-order valence-corrected chi connectivity index (χ4v) is 2.68. The van der Waals surface area contributed by atoms with Gasteiger partial charge in [0.05, 0.1) is 5.69 Å². The maximum Gasteiger partial charge on any atom is 0.267 e. The molecule has 3 rings (SSSR count). The molecule has 2 amide bonds. The van der Waals surface area contributed by atoms with E-state index in [2.05, 4.69) is 15.7 Å². The molecule has 0 spiro atoms. The number of anilines is 2. The van der Waals surface area contributed by atoms with Gasteiger partial charge in [-0.3, -0.25) is 14.4 Å². The van der Waals surface area contributed by atoms with Crippen LogP contribution in [-0.4, -0.2) is 21.6 Å². The minimum Gasteiger partial charge on any atom is -0.326 e. The van der Waals surface area contributed by atoms with Crippen LogP contribution in [0.3, 0.4) is 0 Å². The first kappa shape index (κ1) is 19.9. The van der Waals surface area contributed by atoms with E-state index >= 15 is 0 Å². The van der Waals surface area contributed by atoms with Gasteiger partial charge in [-0.2, -0.15) is 5.10 Å². The Hall–Kier alpha value is -3.81. The van der Waals surface area contributed by atoms with E-state index in [0.717, 1.165) is 4.68 Å². The topological polar surface area (TPSA) is 93.1 Å². The summed E-state index contributed by atoms with van der Waals surface area (Å²) in [5.41, 5.74) is 1.76. The lowest BCUT2D eigenvalue weighted by molar-refractivity contribution is -0.119. The molecule has 0 saturated carbocycles. The van der Waals surface area contributed by atoms with Crippen LogP contribution in [0.4, 0.5) is 15.8 Å². The molecule has 0 bridgehead atoms. The van der Waals surface area contributed by atoms with Gasteiger partial charge in [0.25, 0.3) is 5.56 Å². The summed E-state index contributed by atoms with van der Waals surface area (Å²) < 4.78 is 14.2. The van der Waals surface area contributed by atoms with Gasteiger partial charge in [0, 0.05) is 29.9 Å². The number of hydrogen-bond donors (Lipinski definition) is 2. The Bertz CT molecular complexity index is 1090. The molecule has 0 saturated heterocycles. The van der Waals surface area contributed by atoms with E-state index in [1.165, 1.54) is 31.2 Å². The van der Waals surface area contributed by atoms with Crippen LogP contribution in [0, 0.1) is 5.82 Å². The van der Waals surface area contributed by atoms with Crippen LogP contribution >= 0.6 is 0 Å². The lowest BCUT2D eigenvalue weighted by Crippen LogP contribution is -2.33. The van der Waals surface area contributed by atoms with Gasteiger partial charge in [-0.25, -0.2) is 9.07 Å². The summed E-state index contributed by atoms with van der Waals surface area (Å²) >= 11 is 0. The van der Waals surface area contributed by atoms with E-state index in [4.69, 9.17) is 0 Å². The first-order valence-corrected chi connectivity index (χ1v) is 8.88. The van der Waals surface area contributed by atoms with Crippen LogP contribution in [0.1, 0.15) is 19.9 Å². The summed E-state index contributed by atoms with van der Waals surface area (Å²) in [5, 5.41) is 9.60. The van der Waals surface area contributed by atoms with Crippen molar-refractivity contribution in [1.29, 1.82) is 0 Å². The number of aromatic nitrogens is 2. The van der Waals surface area contributed by atoms with Crippen molar-refractivity contribution in [3.8, 4) is 11.3 Å². The Morgan fingerprint density at radius 1 is 0.931 bits per heavy atom. The molecule has 0 radical (unpaired) electrons. The fraction of sp³-hybridized carbons (Fsp3) is 0.143. The summed E-state index contributed by atoms with van der Waals surface area (Å²) in [7, 11) is 0. The summed E-state index contributed by atoms with van der Waals surface area (Å²) in [4.78, 5) is 35.9. The van der Waals surface area contributed by atoms with Crippen LogP contribution < -0.4 is 16.2 Å². The van der Waals surface area contributed by atoms with Crippen LogP contribution in [0.25, 0.3) is 11.3 Å². The third kappa shape index (κ3) is 4.92. The molecule has 1 unspecified atom stereocenters. The van der Waals surface area contributed by atoms with Crippen molar-refractivity contribution < 1.29 is 14.0 Å². The molecule has 0 aliphatic carbocycles. The van der Waals surface area contributed by atoms with E-state index in [-0.39, 0.29) is 11.7 Å². The van der Waals surface area contributed by atoms with Crippen molar-refractivity contribution in [3.05, 3.63) is 76.8 Å². The van der Waals surface area contributed by atoms with E-state index in [1.54, 1.807) is 43.3 Å². The van der Waals surface area contributed by atoms with Crippen molar-refractivity contribution in [2.75, 3.05) is 10.6 Å². The van der Waals surface area contributed by atoms with Gasteiger partial charge in [0.1, 0.15) is 11.9 Å². The van der Waals surface area contributed by atoms with Crippen molar-refractivity contribution in [2.45, 2.75) is 19.9 Å². The highest BCUT2D eigenvalue weighted by Gasteiger charge is 2.18. The second-order valence-electron chi connectivity index (χ2n) is 6.43. The highest BCUT2D eigenvalue weighted by Crippen LogP contribution is 2.18. The normalized spacial score (nSPS) is 11.6. The number of carbonyl (C=O) groups is 2. The summed E-state index contributed by atoms with van der Waals surface area (Å²) in [6.07, 6.45) is 0. The number of nitrogens with zero attached hydrogens (tertiary/aromatic N) is 2. The molecule has 29 heavy (non-hydrogen) atoms. The zero-order valence-corrected chi connectivity index (χ0v) is 15.8. The molecule has 0 fully saturated rings. The van der Waals surface area contributed by atoms with Gasteiger partial charge in [-0.15, -0.1) is 0 Å². The average molecular weight is 394 g/mol. The summed E-state index contributed by atoms with van der Waals surface area (Å²) in [6.45, 7) is 2.96. The number of rotatable bonds is 5. The Kier molecular flexibility index (Phi) is 5.82. The first-order chi connectivity index (χ1) is 13.8. The molecule has 3 aromatic rings. The van der Waals surface area contributed by atoms with E-state index < -0.39 is 17.5 Å². The second-order valence-corrected chi connectivity index (χ2v) is 6.43. The van der Waals surface area contributed by atoms with Crippen molar-refractivity contribution in [3.63, 3.8) is 0 Å². The maximum atomic E-state index is 13.1. The molecule has 2 N–H and O–H groups in total. The zero-order valence-electron chi connectivity index (χ0n) is 15.8. The molecule has 1 atom stereocenters. The van der Waals surface area contributed by atoms with Crippen molar-refractivity contribution >= 4 is 23.2 Å². The molecular weight excluding hydrogens is 375 g/mol. The number of halogens is 1. The molecular formula is C21H19FN4O3. The minimum absolute atomic E-state index is 0.193. The van der Waals surface area contributed by atoms with Gasteiger partial charge in [0.15, 0.2) is 0 Å². The molecule has 1 aromatic heterocycles. The first-order valence-electron chi connectivity index (χ1n) is 8.88. The molecule has 148 valence electrons. The number of carbonyl (C=O) groups excluding carboxylic acids is 2. The number of hydrogen-bond acceptors (Lipinski definition) is 4. The molecule has 2 aromatic carbocycles. The van der Waals surface area contributed by atoms with Crippen LogP contribution in [-0.2, 0) is 9.59 Å². The maximum absolute atomic E-state index is 13.1. The Balaban J connectivity index is 1.78. The smallest absolute Gasteiger partial charge is 0.267 e. The average Bonchev–Trinajstić information content (AvgIpc) is 2.69. The minimum atomic E-state index is -0.877. The van der Waals surface area contributed by atoms with Gasteiger partial charge < -0.3 is 10.6 Å². The predicted molar refractivity (Wildman–Crippen MR) is 108 cm³/mol. The number of amides is 2. The quantitative estimate of drug-likeness (QED) is 0.695. The lowest BCUT2D eigenvalue weighted by Gasteiger charge is -2.15. The Labute approximate surface area is 166 Å². The molecule has 0 aliphatic heterocycles. The van der Waals surface area contributed by atoms with E-state index in [9.17, 15) is 18.8 Å². The van der Waals surface area contributed by atoms with Gasteiger partial charge in [-0.05, 0) is 61.5 Å². The van der Waals surface area contributed by atoms with E-state index in [1.807, 2.05) is 0 Å². The largest absolute Gasteiger partial charge is 0.326 e. The molecule has 7 nitrogen and oxygen atoms in total.